The maximum atomic E-state index is 2.37. The van der Waals surface area contributed by atoms with E-state index in [1.165, 1.54) is 4.90 Å². The smallest absolute Gasteiger partial charge is 0.0217 e. The van der Waals surface area contributed by atoms with Gasteiger partial charge in [0.1, 0.15) is 0 Å². The highest BCUT2D eigenvalue weighted by molar-refractivity contribution is 8.00. The Hall–Kier alpha value is -0.430. The summed E-state index contributed by atoms with van der Waals surface area (Å²) in [7, 11) is 0. The summed E-state index contributed by atoms with van der Waals surface area (Å²) in [6.45, 7) is 14.2. The van der Waals surface area contributed by atoms with Crippen LogP contribution in [0.15, 0.2) is 29.2 Å². The molecule has 0 amide bonds. The predicted molar refractivity (Wildman–Crippen MR) is 77.7 cm³/mol. The van der Waals surface area contributed by atoms with Crippen LogP contribution in [0.1, 0.15) is 53.0 Å². The molecular formula is C16H24S. The Bertz CT molecular complexity index is 406. The van der Waals surface area contributed by atoms with E-state index in [1.54, 1.807) is 5.56 Å². The van der Waals surface area contributed by atoms with Crippen LogP contribution in [0.5, 0.6) is 0 Å². The van der Waals surface area contributed by atoms with Gasteiger partial charge in [-0.05, 0) is 22.5 Å². The average molecular weight is 248 g/mol. The van der Waals surface area contributed by atoms with Crippen molar-refractivity contribution in [1.82, 2.24) is 0 Å². The maximum absolute atomic E-state index is 2.37. The minimum Gasteiger partial charge on any atom is -0.121 e. The minimum absolute atomic E-state index is 0.331. The molecule has 1 aliphatic rings. The topological polar surface area (TPSA) is 0 Å². The van der Waals surface area contributed by atoms with Gasteiger partial charge in [-0.3, -0.25) is 0 Å². The highest BCUT2D eigenvalue weighted by atomic mass is 32.2. The number of hydrogen-bond donors (Lipinski definition) is 0. The Kier molecular flexibility index (Phi) is 3.10. The van der Waals surface area contributed by atoms with Gasteiger partial charge < -0.3 is 0 Å². The lowest BCUT2D eigenvalue weighted by atomic mass is 9.69. The number of benzene rings is 1. The Balaban J connectivity index is 2.48. The molecule has 1 aliphatic heterocycles. The Morgan fingerprint density at radius 3 is 2.00 bits per heavy atom. The largest absolute Gasteiger partial charge is 0.121 e. The summed E-state index contributed by atoms with van der Waals surface area (Å²) in [5.41, 5.74) is 2.24. The van der Waals surface area contributed by atoms with Crippen LogP contribution in [0.3, 0.4) is 0 Å². The van der Waals surface area contributed by atoms with Gasteiger partial charge in [0.05, 0.1) is 0 Å². The van der Waals surface area contributed by atoms with E-state index < -0.39 is 0 Å². The molecule has 2 atom stereocenters. The third-order valence-electron chi connectivity index (χ3n) is 3.60. The molecule has 0 aliphatic carbocycles. The van der Waals surface area contributed by atoms with Gasteiger partial charge in [-0.25, -0.2) is 0 Å². The molecule has 2 unspecified atom stereocenters. The lowest BCUT2D eigenvalue weighted by molar-refractivity contribution is 0.244. The standard InChI is InChI=1S/C16H24S/c1-15(2,3)13-11-9-7-8-10-12(11)17-14(13)16(4,5)6/h7-10,13-14H,1-6H3. The molecule has 17 heavy (non-hydrogen) atoms. The molecule has 0 aromatic heterocycles. The highest BCUT2D eigenvalue weighted by Crippen LogP contribution is 2.57. The SMILES string of the molecule is CC(C)(C)C1Sc2ccccc2C1C(C)(C)C. The number of fused-ring (bicyclic) bond motifs is 1. The van der Waals surface area contributed by atoms with Gasteiger partial charge in [0, 0.05) is 16.1 Å². The summed E-state index contributed by atoms with van der Waals surface area (Å²) in [5.74, 6) is 0.656. The van der Waals surface area contributed by atoms with Crippen molar-refractivity contribution in [3.63, 3.8) is 0 Å². The van der Waals surface area contributed by atoms with Crippen molar-refractivity contribution in [2.24, 2.45) is 10.8 Å². The summed E-state index contributed by atoms with van der Waals surface area (Å²) in [6.07, 6.45) is 0. The van der Waals surface area contributed by atoms with Gasteiger partial charge in [0.15, 0.2) is 0 Å². The van der Waals surface area contributed by atoms with E-state index in [9.17, 15) is 0 Å². The third kappa shape index (κ3) is 2.40. The van der Waals surface area contributed by atoms with E-state index in [-0.39, 0.29) is 0 Å². The molecule has 1 aromatic rings. The van der Waals surface area contributed by atoms with Crippen LogP contribution in [0, 0.1) is 10.8 Å². The first-order valence-electron chi connectivity index (χ1n) is 6.47. The van der Waals surface area contributed by atoms with Crippen molar-refractivity contribution in [2.75, 3.05) is 0 Å². The molecule has 0 saturated carbocycles. The van der Waals surface area contributed by atoms with Crippen LogP contribution in [0.4, 0.5) is 0 Å². The quantitative estimate of drug-likeness (QED) is 0.597. The predicted octanol–water partition coefficient (Wildman–Crippen LogP) is 5.34. The number of hydrogen-bond acceptors (Lipinski definition) is 1. The van der Waals surface area contributed by atoms with E-state index in [0.29, 0.717) is 22.0 Å². The van der Waals surface area contributed by atoms with Gasteiger partial charge in [0.25, 0.3) is 0 Å². The Morgan fingerprint density at radius 2 is 1.47 bits per heavy atom. The summed E-state index contributed by atoms with van der Waals surface area (Å²) in [5, 5.41) is 0.680. The zero-order chi connectivity index (χ0) is 12.8. The monoisotopic (exact) mass is 248 g/mol. The first-order valence-corrected chi connectivity index (χ1v) is 7.35. The molecule has 0 saturated heterocycles. The summed E-state index contributed by atoms with van der Waals surface area (Å²) < 4.78 is 0. The van der Waals surface area contributed by atoms with Crippen LogP contribution in [0.2, 0.25) is 0 Å². The van der Waals surface area contributed by atoms with Gasteiger partial charge >= 0.3 is 0 Å². The van der Waals surface area contributed by atoms with Crippen molar-refractivity contribution in [3.8, 4) is 0 Å². The number of thioether (sulfide) groups is 1. The van der Waals surface area contributed by atoms with Crippen molar-refractivity contribution in [1.29, 1.82) is 0 Å². The van der Waals surface area contributed by atoms with Gasteiger partial charge in [0.2, 0.25) is 0 Å². The van der Waals surface area contributed by atoms with Crippen LogP contribution in [-0.2, 0) is 0 Å². The van der Waals surface area contributed by atoms with Crippen LogP contribution < -0.4 is 0 Å². The summed E-state index contributed by atoms with van der Waals surface area (Å²) >= 11 is 2.08. The molecule has 94 valence electrons. The van der Waals surface area contributed by atoms with Crippen molar-refractivity contribution < 1.29 is 0 Å². The van der Waals surface area contributed by atoms with E-state index >= 15 is 0 Å². The van der Waals surface area contributed by atoms with Crippen LogP contribution >= 0.6 is 11.8 Å². The molecular weight excluding hydrogens is 224 g/mol. The zero-order valence-electron chi connectivity index (χ0n) is 11.9. The third-order valence-corrected chi connectivity index (χ3v) is 5.46. The zero-order valence-corrected chi connectivity index (χ0v) is 12.7. The lowest BCUT2D eigenvalue weighted by Gasteiger charge is -2.39. The second-order valence-electron chi connectivity index (χ2n) is 7.29. The molecule has 1 heteroatoms. The maximum Gasteiger partial charge on any atom is 0.0217 e. The molecule has 2 rings (SSSR count). The Morgan fingerprint density at radius 1 is 0.882 bits per heavy atom. The molecule has 1 heterocycles. The second kappa shape index (κ2) is 4.05. The first kappa shape index (κ1) is 13.0. The van der Waals surface area contributed by atoms with Crippen molar-refractivity contribution in [3.05, 3.63) is 29.8 Å². The van der Waals surface area contributed by atoms with E-state index in [1.807, 2.05) is 0 Å². The molecule has 0 bridgehead atoms. The van der Waals surface area contributed by atoms with E-state index in [2.05, 4.69) is 77.6 Å². The lowest BCUT2D eigenvalue weighted by Crippen LogP contribution is -2.33. The van der Waals surface area contributed by atoms with Crippen LogP contribution in [0.25, 0.3) is 0 Å². The van der Waals surface area contributed by atoms with Crippen molar-refractivity contribution in [2.45, 2.75) is 57.6 Å². The van der Waals surface area contributed by atoms with E-state index in [4.69, 9.17) is 0 Å². The second-order valence-corrected chi connectivity index (χ2v) is 8.47. The number of rotatable bonds is 0. The highest BCUT2D eigenvalue weighted by Gasteiger charge is 2.45. The van der Waals surface area contributed by atoms with E-state index in [0.717, 1.165) is 0 Å². The Labute approximate surface area is 110 Å². The molecule has 0 radical (unpaired) electrons. The van der Waals surface area contributed by atoms with Crippen molar-refractivity contribution >= 4 is 11.8 Å². The molecule has 0 N–H and O–H groups in total. The van der Waals surface area contributed by atoms with Gasteiger partial charge in [-0.2, -0.15) is 0 Å². The summed E-state index contributed by atoms with van der Waals surface area (Å²) in [4.78, 5) is 1.49. The van der Waals surface area contributed by atoms with Gasteiger partial charge in [-0.1, -0.05) is 59.7 Å². The molecule has 0 spiro atoms. The average Bonchev–Trinajstić information content (AvgIpc) is 2.54. The molecule has 0 fully saturated rings. The molecule has 1 aromatic carbocycles. The summed E-state index contributed by atoms with van der Waals surface area (Å²) in [6, 6.07) is 8.95. The fourth-order valence-corrected chi connectivity index (χ4v) is 4.62. The van der Waals surface area contributed by atoms with Gasteiger partial charge in [-0.15, -0.1) is 11.8 Å². The fraction of sp³-hybridized carbons (Fsp3) is 0.625. The first-order chi connectivity index (χ1) is 7.71. The fourth-order valence-electron chi connectivity index (χ4n) is 2.81. The molecule has 0 nitrogen and oxygen atoms in total. The van der Waals surface area contributed by atoms with Crippen LogP contribution in [-0.4, -0.2) is 5.25 Å². The normalized spacial score (nSPS) is 24.8. The minimum atomic E-state index is 0.331.